The number of amides is 1. The van der Waals surface area contributed by atoms with Crippen molar-refractivity contribution in [3.8, 4) is 0 Å². The Bertz CT molecular complexity index is 428. The molecule has 0 aliphatic rings. The fourth-order valence-corrected chi connectivity index (χ4v) is 2.15. The minimum absolute atomic E-state index is 0.0585. The molecular formula is C17H29N3O. The smallest absolute Gasteiger partial charge is 0.225 e. The molecule has 1 aromatic carbocycles. The van der Waals surface area contributed by atoms with E-state index in [1.165, 1.54) is 5.56 Å². The Kier molecular flexibility index (Phi) is 8.01. The van der Waals surface area contributed by atoms with E-state index in [0.717, 1.165) is 25.3 Å². The van der Waals surface area contributed by atoms with Gasteiger partial charge in [-0.25, -0.2) is 0 Å². The van der Waals surface area contributed by atoms with Crippen LogP contribution in [0.25, 0.3) is 0 Å². The van der Waals surface area contributed by atoms with E-state index in [1.54, 1.807) is 0 Å². The number of nitrogens with one attached hydrogen (secondary N) is 2. The highest BCUT2D eigenvalue weighted by Gasteiger charge is 2.05. The molecule has 0 aromatic heterocycles. The zero-order chi connectivity index (χ0) is 15.7. The number of hydrogen-bond acceptors (Lipinski definition) is 3. The van der Waals surface area contributed by atoms with E-state index < -0.39 is 0 Å². The van der Waals surface area contributed by atoms with E-state index >= 15 is 0 Å². The summed E-state index contributed by atoms with van der Waals surface area (Å²) >= 11 is 0. The summed E-state index contributed by atoms with van der Waals surface area (Å²) in [4.78, 5) is 14.2. The second-order valence-electron chi connectivity index (χ2n) is 5.57. The van der Waals surface area contributed by atoms with Gasteiger partial charge in [0.05, 0.1) is 0 Å². The number of benzene rings is 1. The summed E-state index contributed by atoms with van der Waals surface area (Å²) in [6, 6.07) is 8.52. The standard InChI is InChI=1S/C17H29N3O/c1-5-20(6-2)13-15-8-7-9-16(12-15)19-17(21)10-11-18-14(3)4/h7-9,12,14,18H,5-6,10-11,13H2,1-4H3,(H,19,21). The Morgan fingerprint density at radius 1 is 1.24 bits per heavy atom. The van der Waals surface area contributed by atoms with Crippen LogP contribution in [0.4, 0.5) is 5.69 Å². The summed E-state index contributed by atoms with van der Waals surface area (Å²) in [7, 11) is 0. The molecule has 4 heteroatoms. The van der Waals surface area contributed by atoms with Crippen molar-refractivity contribution in [2.24, 2.45) is 0 Å². The zero-order valence-corrected chi connectivity index (χ0v) is 13.8. The second-order valence-corrected chi connectivity index (χ2v) is 5.57. The van der Waals surface area contributed by atoms with Crippen LogP contribution < -0.4 is 10.6 Å². The van der Waals surface area contributed by atoms with Crippen LogP contribution in [-0.4, -0.2) is 36.5 Å². The summed E-state index contributed by atoms with van der Waals surface area (Å²) in [5, 5.41) is 6.22. The summed E-state index contributed by atoms with van der Waals surface area (Å²) in [6.45, 7) is 12.2. The molecule has 1 amide bonds. The van der Waals surface area contributed by atoms with Gasteiger partial charge in [-0.15, -0.1) is 0 Å². The Balaban J connectivity index is 2.50. The van der Waals surface area contributed by atoms with Crippen molar-refractivity contribution in [3.63, 3.8) is 0 Å². The van der Waals surface area contributed by atoms with Crippen LogP contribution in [-0.2, 0) is 11.3 Å². The molecule has 0 saturated carbocycles. The molecule has 0 heterocycles. The van der Waals surface area contributed by atoms with Crippen LogP contribution in [0.15, 0.2) is 24.3 Å². The number of anilines is 1. The average Bonchev–Trinajstić information content (AvgIpc) is 2.44. The molecule has 0 radical (unpaired) electrons. The third kappa shape index (κ3) is 7.25. The van der Waals surface area contributed by atoms with Gasteiger partial charge in [0.1, 0.15) is 0 Å². The van der Waals surface area contributed by atoms with Crippen LogP contribution in [0, 0.1) is 0 Å². The first kappa shape index (κ1) is 17.7. The molecule has 0 aliphatic carbocycles. The van der Waals surface area contributed by atoms with Crippen LogP contribution in [0.2, 0.25) is 0 Å². The molecule has 0 atom stereocenters. The van der Waals surface area contributed by atoms with Gasteiger partial charge in [-0.1, -0.05) is 39.8 Å². The Morgan fingerprint density at radius 3 is 2.57 bits per heavy atom. The van der Waals surface area contributed by atoms with E-state index in [1.807, 2.05) is 12.1 Å². The van der Waals surface area contributed by atoms with E-state index in [0.29, 0.717) is 19.0 Å². The number of rotatable bonds is 9. The first-order valence-corrected chi connectivity index (χ1v) is 7.89. The molecule has 1 aromatic rings. The van der Waals surface area contributed by atoms with Crippen LogP contribution in [0.5, 0.6) is 0 Å². The van der Waals surface area contributed by atoms with Crippen molar-refractivity contribution in [3.05, 3.63) is 29.8 Å². The van der Waals surface area contributed by atoms with Crippen molar-refractivity contribution in [1.29, 1.82) is 0 Å². The topological polar surface area (TPSA) is 44.4 Å². The fraction of sp³-hybridized carbons (Fsp3) is 0.588. The maximum atomic E-state index is 11.9. The molecule has 118 valence electrons. The molecular weight excluding hydrogens is 262 g/mol. The first-order chi connectivity index (χ1) is 10.0. The van der Waals surface area contributed by atoms with Crippen molar-refractivity contribution in [1.82, 2.24) is 10.2 Å². The van der Waals surface area contributed by atoms with Crippen LogP contribution in [0.1, 0.15) is 39.7 Å². The van der Waals surface area contributed by atoms with Crippen LogP contribution in [0.3, 0.4) is 0 Å². The van der Waals surface area contributed by atoms with Crippen LogP contribution >= 0.6 is 0 Å². The van der Waals surface area contributed by atoms with Crippen molar-refractivity contribution < 1.29 is 4.79 Å². The molecule has 0 saturated heterocycles. The quantitative estimate of drug-likeness (QED) is 0.735. The average molecular weight is 291 g/mol. The fourth-order valence-electron chi connectivity index (χ4n) is 2.15. The van der Waals surface area contributed by atoms with Gasteiger partial charge in [0.25, 0.3) is 0 Å². The third-order valence-corrected chi connectivity index (χ3v) is 3.42. The molecule has 0 bridgehead atoms. The minimum Gasteiger partial charge on any atom is -0.326 e. The predicted octanol–water partition coefficient (Wildman–Crippen LogP) is 2.86. The molecule has 0 unspecified atom stereocenters. The van der Waals surface area contributed by atoms with Gasteiger partial charge >= 0.3 is 0 Å². The van der Waals surface area contributed by atoms with Crippen molar-refractivity contribution in [2.75, 3.05) is 25.0 Å². The van der Waals surface area contributed by atoms with E-state index in [4.69, 9.17) is 0 Å². The molecule has 1 rings (SSSR count). The highest BCUT2D eigenvalue weighted by Crippen LogP contribution is 2.13. The van der Waals surface area contributed by atoms with Gasteiger partial charge in [-0.3, -0.25) is 9.69 Å². The number of nitrogens with zero attached hydrogens (tertiary/aromatic N) is 1. The van der Waals surface area contributed by atoms with Gasteiger partial charge in [0, 0.05) is 31.2 Å². The maximum absolute atomic E-state index is 11.9. The van der Waals surface area contributed by atoms with Gasteiger partial charge in [0.2, 0.25) is 5.91 Å². The first-order valence-electron chi connectivity index (χ1n) is 7.89. The van der Waals surface area contributed by atoms with E-state index in [-0.39, 0.29) is 5.91 Å². The Morgan fingerprint density at radius 2 is 1.95 bits per heavy atom. The van der Waals surface area contributed by atoms with Crippen molar-refractivity contribution in [2.45, 2.75) is 46.7 Å². The van der Waals surface area contributed by atoms with Gasteiger partial charge in [-0.05, 0) is 30.8 Å². The lowest BCUT2D eigenvalue weighted by Gasteiger charge is -2.18. The van der Waals surface area contributed by atoms with E-state index in [2.05, 4.69) is 55.4 Å². The molecule has 2 N–H and O–H groups in total. The Labute approximate surface area is 128 Å². The summed E-state index contributed by atoms with van der Waals surface area (Å²) in [5.74, 6) is 0.0585. The van der Waals surface area contributed by atoms with Crippen molar-refractivity contribution >= 4 is 11.6 Å². The Hall–Kier alpha value is -1.39. The lowest BCUT2D eigenvalue weighted by Crippen LogP contribution is -2.27. The number of carbonyl (C=O) groups excluding carboxylic acids is 1. The highest BCUT2D eigenvalue weighted by atomic mass is 16.1. The van der Waals surface area contributed by atoms with Gasteiger partial charge < -0.3 is 10.6 Å². The second kappa shape index (κ2) is 9.53. The molecule has 4 nitrogen and oxygen atoms in total. The summed E-state index contributed by atoms with van der Waals surface area (Å²) in [6.07, 6.45) is 0.498. The number of hydrogen-bond donors (Lipinski definition) is 2. The normalized spacial score (nSPS) is 11.1. The van der Waals surface area contributed by atoms with E-state index in [9.17, 15) is 4.79 Å². The zero-order valence-electron chi connectivity index (χ0n) is 13.8. The molecule has 0 aliphatic heterocycles. The number of carbonyl (C=O) groups is 1. The summed E-state index contributed by atoms with van der Waals surface area (Å²) in [5.41, 5.74) is 2.12. The van der Waals surface area contributed by atoms with Gasteiger partial charge in [0.15, 0.2) is 0 Å². The largest absolute Gasteiger partial charge is 0.326 e. The highest BCUT2D eigenvalue weighted by molar-refractivity contribution is 5.90. The lowest BCUT2D eigenvalue weighted by atomic mass is 10.2. The monoisotopic (exact) mass is 291 g/mol. The van der Waals surface area contributed by atoms with Gasteiger partial charge in [-0.2, -0.15) is 0 Å². The summed E-state index contributed by atoms with van der Waals surface area (Å²) < 4.78 is 0. The molecule has 0 spiro atoms. The third-order valence-electron chi connectivity index (χ3n) is 3.42. The minimum atomic E-state index is 0.0585. The maximum Gasteiger partial charge on any atom is 0.225 e. The molecule has 0 fully saturated rings. The molecule has 21 heavy (non-hydrogen) atoms. The predicted molar refractivity (Wildman–Crippen MR) is 89.5 cm³/mol. The SMILES string of the molecule is CCN(CC)Cc1cccc(NC(=O)CCNC(C)C)c1. The lowest BCUT2D eigenvalue weighted by molar-refractivity contribution is -0.116.